The molecule has 1 fully saturated rings. The van der Waals surface area contributed by atoms with E-state index in [-0.39, 0.29) is 0 Å². The van der Waals surface area contributed by atoms with Crippen LogP contribution in [0.2, 0.25) is 0 Å². The molecular formula is C12H14BrNO. The van der Waals surface area contributed by atoms with E-state index in [2.05, 4.69) is 28.1 Å². The van der Waals surface area contributed by atoms with Crippen LogP contribution in [-0.2, 0) is 11.3 Å². The number of likely N-dealkylation sites (tertiary alicyclic amines) is 1. The number of nitrogens with zero attached hydrogens (tertiary/aromatic N) is 1. The number of halogens is 1. The van der Waals surface area contributed by atoms with Gasteiger partial charge in [-0.1, -0.05) is 28.1 Å². The van der Waals surface area contributed by atoms with E-state index in [9.17, 15) is 4.79 Å². The van der Waals surface area contributed by atoms with Gasteiger partial charge in [0.25, 0.3) is 0 Å². The van der Waals surface area contributed by atoms with Crippen molar-refractivity contribution in [2.45, 2.75) is 25.8 Å². The van der Waals surface area contributed by atoms with Gasteiger partial charge in [-0.15, -0.1) is 0 Å². The largest absolute Gasteiger partial charge is 0.338 e. The lowest BCUT2D eigenvalue weighted by Crippen LogP contribution is -2.34. The zero-order chi connectivity index (χ0) is 10.7. The molecule has 1 aromatic carbocycles. The zero-order valence-corrected chi connectivity index (χ0v) is 10.2. The van der Waals surface area contributed by atoms with Crippen molar-refractivity contribution >= 4 is 21.8 Å². The molecule has 15 heavy (non-hydrogen) atoms. The SMILES string of the molecule is O=C1CCCCN1Cc1cccc(Br)c1. The van der Waals surface area contributed by atoms with Crippen LogP contribution in [-0.4, -0.2) is 17.4 Å². The molecule has 2 rings (SSSR count). The van der Waals surface area contributed by atoms with Crippen molar-refractivity contribution in [1.82, 2.24) is 4.90 Å². The fourth-order valence-electron chi connectivity index (χ4n) is 1.88. The van der Waals surface area contributed by atoms with Gasteiger partial charge < -0.3 is 4.90 Å². The molecule has 1 amide bonds. The predicted octanol–water partition coefficient (Wildman–Crippen LogP) is 2.96. The van der Waals surface area contributed by atoms with Gasteiger partial charge in [0, 0.05) is 24.0 Å². The maximum Gasteiger partial charge on any atom is 0.222 e. The molecular weight excluding hydrogens is 254 g/mol. The predicted molar refractivity (Wildman–Crippen MR) is 63.4 cm³/mol. The van der Waals surface area contributed by atoms with Gasteiger partial charge in [0.05, 0.1) is 0 Å². The molecule has 3 heteroatoms. The lowest BCUT2D eigenvalue weighted by Gasteiger charge is -2.26. The number of benzene rings is 1. The third-order valence-corrected chi connectivity index (χ3v) is 3.18. The Kier molecular flexibility index (Phi) is 3.41. The van der Waals surface area contributed by atoms with E-state index < -0.39 is 0 Å². The number of rotatable bonds is 2. The minimum atomic E-state index is 0.293. The summed E-state index contributed by atoms with van der Waals surface area (Å²) in [5.74, 6) is 0.293. The summed E-state index contributed by atoms with van der Waals surface area (Å²) in [5, 5.41) is 0. The Bertz CT molecular complexity index is 364. The Morgan fingerprint density at radius 3 is 2.93 bits per heavy atom. The van der Waals surface area contributed by atoms with E-state index in [0.29, 0.717) is 12.3 Å². The van der Waals surface area contributed by atoms with Crippen molar-refractivity contribution in [2.24, 2.45) is 0 Å². The normalized spacial score (nSPS) is 16.9. The molecule has 1 saturated heterocycles. The van der Waals surface area contributed by atoms with Gasteiger partial charge in [0.2, 0.25) is 5.91 Å². The second-order valence-corrected chi connectivity index (χ2v) is 4.82. The quantitative estimate of drug-likeness (QED) is 0.807. The maximum atomic E-state index is 11.6. The monoisotopic (exact) mass is 267 g/mol. The van der Waals surface area contributed by atoms with Gasteiger partial charge >= 0.3 is 0 Å². The van der Waals surface area contributed by atoms with Crippen LogP contribution in [0.5, 0.6) is 0 Å². The summed E-state index contributed by atoms with van der Waals surface area (Å²) in [6.45, 7) is 1.66. The van der Waals surface area contributed by atoms with Crippen LogP contribution < -0.4 is 0 Å². The lowest BCUT2D eigenvalue weighted by atomic mass is 10.1. The maximum absolute atomic E-state index is 11.6. The Morgan fingerprint density at radius 1 is 1.33 bits per heavy atom. The first-order chi connectivity index (χ1) is 7.25. The second-order valence-electron chi connectivity index (χ2n) is 3.90. The minimum absolute atomic E-state index is 0.293. The summed E-state index contributed by atoms with van der Waals surface area (Å²) in [7, 11) is 0. The van der Waals surface area contributed by atoms with Gasteiger partial charge in [-0.2, -0.15) is 0 Å². The van der Waals surface area contributed by atoms with Crippen LogP contribution in [0.3, 0.4) is 0 Å². The summed E-state index contributed by atoms with van der Waals surface area (Å²) in [5.41, 5.74) is 1.19. The van der Waals surface area contributed by atoms with Crippen molar-refractivity contribution in [3.8, 4) is 0 Å². The topological polar surface area (TPSA) is 20.3 Å². The summed E-state index contributed by atoms with van der Waals surface area (Å²) < 4.78 is 1.07. The standard InChI is InChI=1S/C12H14BrNO/c13-11-5-3-4-10(8-11)9-14-7-2-1-6-12(14)15/h3-5,8H,1-2,6-7,9H2. The van der Waals surface area contributed by atoms with Crippen molar-refractivity contribution in [3.63, 3.8) is 0 Å². The molecule has 0 radical (unpaired) electrons. The average molecular weight is 268 g/mol. The molecule has 0 aliphatic carbocycles. The molecule has 0 unspecified atom stereocenters. The molecule has 0 atom stereocenters. The van der Waals surface area contributed by atoms with E-state index in [0.717, 1.165) is 30.4 Å². The van der Waals surface area contributed by atoms with Crippen LogP contribution >= 0.6 is 15.9 Å². The van der Waals surface area contributed by atoms with Gasteiger partial charge in [0.1, 0.15) is 0 Å². The summed E-state index contributed by atoms with van der Waals surface area (Å²) in [4.78, 5) is 13.5. The van der Waals surface area contributed by atoms with Crippen LogP contribution in [0.4, 0.5) is 0 Å². The van der Waals surface area contributed by atoms with E-state index in [1.54, 1.807) is 0 Å². The van der Waals surface area contributed by atoms with Crippen LogP contribution in [0.15, 0.2) is 28.7 Å². The first kappa shape index (κ1) is 10.7. The molecule has 0 aromatic heterocycles. The van der Waals surface area contributed by atoms with Crippen molar-refractivity contribution in [1.29, 1.82) is 0 Å². The van der Waals surface area contributed by atoms with Crippen LogP contribution in [0.1, 0.15) is 24.8 Å². The first-order valence-corrected chi connectivity index (χ1v) is 6.07. The number of hydrogen-bond acceptors (Lipinski definition) is 1. The number of piperidine rings is 1. The van der Waals surface area contributed by atoms with E-state index in [4.69, 9.17) is 0 Å². The summed E-state index contributed by atoms with van der Waals surface area (Å²) in [6.07, 6.45) is 2.90. The van der Waals surface area contributed by atoms with Crippen LogP contribution in [0.25, 0.3) is 0 Å². The highest BCUT2D eigenvalue weighted by molar-refractivity contribution is 9.10. The van der Waals surface area contributed by atoms with Gasteiger partial charge in [-0.3, -0.25) is 4.79 Å². The molecule has 1 heterocycles. The van der Waals surface area contributed by atoms with Gasteiger partial charge in [-0.25, -0.2) is 0 Å². The highest BCUT2D eigenvalue weighted by Crippen LogP contribution is 2.17. The lowest BCUT2D eigenvalue weighted by molar-refractivity contribution is -0.133. The molecule has 80 valence electrons. The van der Waals surface area contributed by atoms with E-state index in [1.165, 1.54) is 5.56 Å². The van der Waals surface area contributed by atoms with Crippen molar-refractivity contribution < 1.29 is 4.79 Å². The molecule has 0 N–H and O–H groups in total. The highest BCUT2D eigenvalue weighted by atomic mass is 79.9. The number of carbonyl (C=O) groups excluding carboxylic acids is 1. The second kappa shape index (κ2) is 4.79. The molecule has 1 aromatic rings. The molecule has 0 bridgehead atoms. The van der Waals surface area contributed by atoms with Crippen molar-refractivity contribution in [2.75, 3.05) is 6.54 Å². The fraction of sp³-hybridized carbons (Fsp3) is 0.417. The Hall–Kier alpha value is -0.830. The number of hydrogen-bond donors (Lipinski definition) is 0. The Morgan fingerprint density at radius 2 is 2.20 bits per heavy atom. The Balaban J connectivity index is 2.04. The van der Waals surface area contributed by atoms with Crippen molar-refractivity contribution in [3.05, 3.63) is 34.3 Å². The highest BCUT2D eigenvalue weighted by Gasteiger charge is 2.17. The van der Waals surface area contributed by atoms with Gasteiger partial charge in [0.15, 0.2) is 0 Å². The van der Waals surface area contributed by atoms with Gasteiger partial charge in [-0.05, 0) is 30.5 Å². The van der Waals surface area contributed by atoms with Crippen LogP contribution in [0, 0.1) is 0 Å². The first-order valence-electron chi connectivity index (χ1n) is 5.28. The number of amides is 1. The summed E-state index contributed by atoms with van der Waals surface area (Å²) >= 11 is 3.44. The minimum Gasteiger partial charge on any atom is -0.338 e. The third-order valence-electron chi connectivity index (χ3n) is 2.68. The number of carbonyl (C=O) groups is 1. The molecule has 0 saturated carbocycles. The molecule has 0 spiro atoms. The molecule has 1 aliphatic rings. The average Bonchev–Trinajstić information content (AvgIpc) is 2.22. The molecule has 2 nitrogen and oxygen atoms in total. The third kappa shape index (κ3) is 2.81. The fourth-order valence-corrected chi connectivity index (χ4v) is 2.33. The van der Waals surface area contributed by atoms with E-state index >= 15 is 0 Å². The molecule has 1 aliphatic heterocycles. The van der Waals surface area contributed by atoms with E-state index in [1.807, 2.05) is 17.0 Å². The zero-order valence-electron chi connectivity index (χ0n) is 8.58. The summed E-state index contributed by atoms with van der Waals surface area (Å²) in [6, 6.07) is 8.14. The smallest absolute Gasteiger partial charge is 0.222 e. The Labute approximate surface area is 98.4 Å².